The summed E-state index contributed by atoms with van der Waals surface area (Å²) in [5, 5.41) is 26.5. The summed E-state index contributed by atoms with van der Waals surface area (Å²) in [5.74, 6) is -1.86. The van der Waals surface area contributed by atoms with Crippen molar-refractivity contribution in [3.63, 3.8) is 0 Å². The predicted octanol–water partition coefficient (Wildman–Crippen LogP) is 0.993. The normalized spacial score (nSPS) is 12.3. The van der Waals surface area contributed by atoms with Crippen molar-refractivity contribution in [2.75, 3.05) is 0 Å². The second kappa shape index (κ2) is 5.22. The molecule has 0 saturated carbocycles. The number of phenols is 2. The van der Waals surface area contributed by atoms with Crippen LogP contribution < -0.4 is 10.7 Å². The lowest BCUT2D eigenvalue weighted by atomic mass is 10.1. The standard InChI is InChI=1S/C11H10ClN3O4S/c1-3(20)13-11(19)8-10(18)6-4(14-15-8)2-5(16)9(17)7(6)12/h2-3,16-17,20H,1H3,(H,13,19)(H,14,18)/t3-/m1/s1. The molecule has 20 heavy (non-hydrogen) atoms. The van der Waals surface area contributed by atoms with E-state index in [-0.39, 0.29) is 15.9 Å². The van der Waals surface area contributed by atoms with Gasteiger partial charge in [0.2, 0.25) is 5.43 Å². The summed E-state index contributed by atoms with van der Waals surface area (Å²) in [6.45, 7) is 1.60. The van der Waals surface area contributed by atoms with Crippen LogP contribution >= 0.6 is 24.2 Å². The molecule has 106 valence electrons. The van der Waals surface area contributed by atoms with Crippen molar-refractivity contribution in [3.8, 4) is 11.5 Å². The molecule has 0 saturated heterocycles. The van der Waals surface area contributed by atoms with Crippen LogP contribution in [0.15, 0.2) is 10.9 Å². The minimum Gasteiger partial charge on any atom is -0.504 e. The Labute approximate surface area is 123 Å². The molecule has 0 unspecified atom stereocenters. The first-order valence-corrected chi connectivity index (χ1v) is 6.34. The van der Waals surface area contributed by atoms with E-state index in [2.05, 4.69) is 28.1 Å². The molecule has 0 aliphatic heterocycles. The first-order valence-electron chi connectivity index (χ1n) is 5.44. The molecule has 0 radical (unpaired) electrons. The highest BCUT2D eigenvalue weighted by Gasteiger charge is 2.20. The number of aromatic hydroxyl groups is 2. The van der Waals surface area contributed by atoms with Gasteiger partial charge in [-0.25, -0.2) is 0 Å². The van der Waals surface area contributed by atoms with E-state index in [0.29, 0.717) is 0 Å². The van der Waals surface area contributed by atoms with Crippen molar-refractivity contribution in [1.82, 2.24) is 15.5 Å². The lowest BCUT2D eigenvalue weighted by Gasteiger charge is -2.08. The number of halogens is 1. The van der Waals surface area contributed by atoms with Crippen LogP contribution in [-0.4, -0.2) is 31.7 Å². The largest absolute Gasteiger partial charge is 0.504 e. The fraction of sp³-hybridized carbons (Fsp3) is 0.182. The second-order valence-corrected chi connectivity index (χ2v) is 5.18. The maximum atomic E-state index is 12.2. The van der Waals surface area contributed by atoms with Gasteiger partial charge in [0.05, 0.1) is 21.3 Å². The van der Waals surface area contributed by atoms with Crippen molar-refractivity contribution >= 4 is 41.0 Å². The van der Waals surface area contributed by atoms with Crippen LogP contribution in [-0.2, 0) is 0 Å². The molecule has 7 nitrogen and oxygen atoms in total. The number of hydrogen-bond donors (Lipinski definition) is 5. The average Bonchev–Trinajstić information content (AvgIpc) is 2.35. The molecule has 2 rings (SSSR count). The molecule has 2 aromatic rings. The maximum Gasteiger partial charge on any atom is 0.276 e. The summed E-state index contributed by atoms with van der Waals surface area (Å²) >= 11 is 9.79. The molecule has 1 heterocycles. The molecular formula is C11H10ClN3O4S. The lowest BCUT2D eigenvalue weighted by molar-refractivity contribution is 0.0945. The van der Waals surface area contributed by atoms with Crippen molar-refractivity contribution in [3.05, 3.63) is 27.0 Å². The van der Waals surface area contributed by atoms with Gasteiger partial charge >= 0.3 is 0 Å². The van der Waals surface area contributed by atoms with E-state index in [4.69, 9.17) is 11.6 Å². The van der Waals surface area contributed by atoms with Crippen molar-refractivity contribution in [2.45, 2.75) is 12.3 Å². The number of carbonyl (C=O) groups is 1. The second-order valence-electron chi connectivity index (χ2n) is 4.03. The highest BCUT2D eigenvalue weighted by molar-refractivity contribution is 7.80. The van der Waals surface area contributed by atoms with Gasteiger partial charge in [-0.15, -0.1) is 0 Å². The molecule has 0 aliphatic carbocycles. The first-order chi connectivity index (χ1) is 9.32. The van der Waals surface area contributed by atoms with Gasteiger partial charge < -0.3 is 15.5 Å². The number of carbonyl (C=O) groups excluding carboxylic acids is 1. The van der Waals surface area contributed by atoms with E-state index in [9.17, 15) is 19.8 Å². The molecule has 0 aliphatic rings. The molecule has 9 heteroatoms. The van der Waals surface area contributed by atoms with Crippen LogP contribution in [0.1, 0.15) is 17.4 Å². The molecule has 4 N–H and O–H groups in total. The molecule has 0 spiro atoms. The highest BCUT2D eigenvalue weighted by atomic mass is 35.5. The van der Waals surface area contributed by atoms with Gasteiger partial charge in [0.25, 0.3) is 5.91 Å². The minimum atomic E-state index is -0.759. The quantitative estimate of drug-likeness (QED) is 0.322. The number of nitrogens with zero attached hydrogens (tertiary/aromatic N) is 1. The lowest BCUT2D eigenvalue weighted by Crippen LogP contribution is -2.34. The molecule has 1 aromatic carbocycles. The Morgan fingerprint density at radius 2 is 2.20 bits per heavy atom. The van der Waals surface area contributed by atoms with E-state index in [1.807, 2.05) is 0 Å². The Hall–Kier alpha value is -1.93. The van der Waals surface area contributed by atoms with Crippen LogP contribution in [0.2, 0.25) is 5.02 Å². The van der Waals surface area contributed by atoms with E-state index >= 15 is 0 Å². The third-order valence-corrected chi connectivity index (χ3v) is 3.00. The fourth-order valence-electron chi connectivity index (χ4n) is 1.63. The maximum absolute atomic E-state index is 12.2. The van der Waals surface area contributed by atoms with Gasteiger partial charge in [0, 0.05) is 6.07 Å². The van der Waals surface area contributed by atoms with Gasteiger partial charge in [0.15, 0.2) is 17.2 Å². The number of fused-ring (bicyclic) bond motifs is 1. The number of thiol groups is 1. The molecule has 0 bridgehead atoms. The van der Waals surface area contributed by atoms with Crippen LogP contribution in [0.5, 0.6) is 11.5 Å². The van der Waals surface area contributed by atoms with E-state index in [1.165, 1.54) is 0 Å². The zero-order chi connectivity index (χ0) is 15.0. The monoisotopic (exact) mass is 315 g/mol. The predicted molar refractivity (Wildman–Crippen MR) is 76.6 cm³/mol. The highest BCUT2D eigenvalue weighted by Crippen LogP contribution is 2.37. The van der Waals surface area contributed by atoms with Gasteiger partial charge in [-0.05, 0) is 6.92 Å². The van der Waals surface area contributed by atoms with Gasteiger partial charge in [-0.1, -0.05) is 11.6 Å². The number of hydrogen-bond acceptors (Lipinski definition) is 6. The smallest absolute Gasteiger partial charge is 0.276 e. The summed E-state index contributed by atoms with van der Waals surface area (Å²) < 4.78 is 0. The Kier molecular flexibility index (Phi) is 3.78. The number of nitrogens with one attached hydrogen (secondary N) is 2. The number of amides is 1. The topological polar surface area (TPSA) is 115 Å². The number of aromatic nitrogens is 2. The Bertz CT molecular complexity index is 759. The Morgan fingerprint density at radius 1 is 1.55 bits per heavy atom. The van der Waals surface area contributed by atoms with Crippen molar-refractivity contribution in [1.29, 1.82) is 0 Å². The summed E-state index contributed by atoms with van der Waals surface area (Å²) in [6, 6.07) is 1.09. The number of H-pyrrole nitrogens is 1. The van der Waals surface area contributed by atoms with Gasteiger partial charge in [-0.2, -0.15) is 17.7 Å². The minimum absolute atomic E-state index is 0.103. The Morgan fingerprint density at radius 3 is 2.80 bits per heavy atom. The van der Waals surface area contributed by atoms with Crippen molar-refractivity contribution < 1.29 is 15.0 Å². The van der Waals surface area contributed by atoms with Crippen LogP contribution in [0, 0.1) is 0 Å². The summed E-state index contributed by atoms with van der Waals surface area (Å²) in [6.07, 6.45) is 0. The third-order valence-electron chi connectivity index (χ3n) is 2.51. The first kappa shape index (κ1) is 14.5. The van der Waals surface area contributed by atoms with Crippen LogP contribution in [0.3, 0.4) is 0 Å². The summed E-state index contributed by atoms with van der Waals surface area (Å²) in [5.41, 5.74) is -1.07. The fourth-order valence-corrected chi connectivity index (χ4v) is 2.04. The van der Waals surface area contributed by atoms with Gasteiger partial charge in [-0.3, -0.25) is 14.7 Å². The number of aromatic amines is 1. The molecule has 1 atom stereocenters. The Balaban J connectivity index is 2.71. The van der Waals surface area contributed by atoms with E-state index < -0.39 is 33.9 Å². The van der Waals surface area contributed by atoms with Crippen LogP contribution in [0.4, 0.5) is 0 Å². The number of phenolic OH excluding ortho intramolecular Hbond substituents is 2. The number of benzene rings is 1. The van der Waals surface area contributed by atoms with Crippen LogP contribution in [0.25, 0.3) is 10.9 Å². The zero-order valence-corrected chi connectivity index (χ0v) is 11.8. The SMILES string of the molecule is C[C@@H](S)NC(=O)c1n[nH]c2cc(O)c(O)c(Cl)c2c1=O. The van der Waals surface area contributed by atoms with Crippen molar-refractivity contribution in [2.24, 2.45) is 0 Å². The third kappa shape index (κ3) is 2.39. The molecule has 0 fully saturated rings. The van der Waals surface area contributed by atoms with E-state index in [1.54, 1.807) is 6.92 Å². The summed E-state index contributed by atoms with van der Waals surface area (Å²) in [7, 11) is 0. The molecule has 1 aromatic heterocycles. The number of rotatable bonds is 2. The molecular weight excluding hydrogens is 306 g/mol. The zero-order valence-electron chi connectivity index (χ0n) is 10.1. The molecule has 1 amide bonds. The van der Waals surface area contributed by atoms with Gasteiger partial charge in [0.1, 0.15) is 0 Å². The van der Waals surface area contributed by atoms with E-state index in [0.717, 1.165) is 6.07 Å². The average molecular weight is 316 g/mol. The summed E-state index contributed by atoms with van der Waals surface area (Å²) in [4.78, 5) is 24.0.